The van der Waals surface area contributed by atoms with Crippen LogP contribution in [0.15, 0.2) is 12.1 Å². The predicted octanol–water partition coefficient (Wildman–Crippen LogP) is 1.22. The number of piperidine rings is 1. The Morgan fingerprint density at radius 3 is 3.06 bits per heavy atom. The minimum Gasteiger partial charge on any atom is -0.393 e. The number of likely N-dealkylation sites (tertiary alicyclic amines) is 1. The SMILES string of the molecule is CC1CN(Cc2nc(NN)ccc2Cl)CCC1O. The van der Waals surface area contributed by atoms with Crippen LogP contribution in [0.3, 0.4) is 0 Å². The van der Waals surface area contributed by atoms with Crippen LogP contribution in [0, 0.1) is 5.92 Å². The number of hydrogen-bond donors (Lipinski definition) is 3. The fourth-order valence-corrected chi connectivity index (χ4v) is 2.42. The fourth-order valence-electron chi connectivity index (χ4n) is 2.25. The first-order chi connectivity index (χ1) is 8.60. The van der Waals surface area contributed by atoms with Crippen molar-refractivity contribution in [3.05, 3.63) is 22.8 Å². The zero-order chi connectivity index (χ0) is 13.1. The Morgan fingerprint density at radius 2 is 2.39 bits per heavy atom. The van der Waals surface area contributed by atoms with E-state index in [9.17, 15) is 5.11 Å². The van der Waals surface area contributed by atoms with E-state index in [1.807, 2.05) is 0 Å². The van der Waals surface area contributed by atoms with Gasteiger partial charge in [-0.3, -0.25) is 4.90 Å². The van der Waals surface area contributed by atoms with Crippen LogP contribution in [-0.2, 0) is 6.54 Å². The Bertz CT molecular complexity index is 415. The van der Waals surface area contributed by atoms with Crippen LogP contribution in [0.25, 0.3) is 0 Å². The number of aliphatic hydroxyl groups is 1. The highest BCUT2D eigenvalue weighted by molar-refractivity contribution is 6.31. The number of nitrogen functional groups attached to an aromatic ring is 1. The van der Waals surface area contributed by atoms with Gasteiger partial charge in [0.1, 0.15) is 5.82 Å². The van der Waals surface area contributed by atoms with Gasteiger partial charge >= 0.3 is 0 Å². The summed E-state index contributed by atoms with van der Waals surface area (Å²) in [6.07, 6.45) is 0.606. The number of hydrogen-bond acceptors (Lipinski definition) is 5. The number of rotatable bonds is 3. The van der Waals surface area contributed by atoms with Crippen molar-refractivity contribution in [2.24, 2.45) is 11.8 Å². The molecule has 1 saturated heterocycles. The number of pyridine rings is 1. The van der Waals surface area contributed by atoms with E-state index >= 15 is 0 Å². The molecule has 4 N–H and O–H groups in total. The van der Waals surface area contributed by atoms with Crippen molar-refractivity contribution in [2.45, 2.75) is 26.0 Å². The molecule has 2 unspecified atom stereocenters. The van der Waals surface area contributed by atoms with Crippen molar-refractivity contribution in [3.8, 4) is 0 Å². The molecule has 6 heteroatoms. The summed E-state index contributed by atoms with van der Waals surface area (Å²) in [6.45, 7) is 4.47. The van der Waals surface area contributed by atoms with Crippen molar-refractivity contribution in [1.82, 2.24) is 9.88 Å². The second-order valence-electron chi connectivity index (χ2n) is 4.84. The Balaban J connectivity index is 2.05. The lowest BCUT2D eigenvalue weighted by atomic mass is 9.97. The lowest BCUT2D eigenvalue weighted by Crippen LogP contribution is -2.41. The first kappa shape index (κ1) is 13.5. The molecule has 0 aromatic carbocycles. The van der Waals surface area contributed by atoms with Crippen LogP contribution in [-0.4, -0.2) is 34.2 Å². The molecule has 1 aliphatic rings. The van der Waals surface area contributed by atoms with E-state index in [0.29, 0.717) is 17.4 Å². The van der Waals surface area contributed by atoms with Gasteiger partial charge in [-0.2, -0.15) is 0 Å². The highest BCUT2D eigenvalue weighted by Crippen LogP contribution is 2.22. The third kappa shape index (κ3) is 3.11. The minimum absolute atomic E-state index is 0.193. The molecule has 1 aromatic rings. The average Bonchev–Trinajstić information content (AvgIpc) is 2.36. The zero-order valence-electron chi connectivity index (χ0n) is 10.4. The molecule has 5 nitrogen and oxygen atoms in total. The number of nitrogens with zero attached hydrogens (tertiary/aromatic N) is 2. The van der Waals surface area contributed by atoms with Gasteiger partial charge in [0.15, 0.2) is 0 Å². The predicted molar refractivity (Wildman–Crippen MR) is 72.1 cm³/mol. The molecule has 1 aliphatic heterocycles. The van der Waals surface area contributed by atoms with Gasteiger partial charge in [-0.05, 0) is 24.5 Å². The number of nitrogens with two attached hydrogens (primary N) is 1. The van der Waals surface area contributed by atoms with Crippen molar-refractivity contribution >= 4 is 17.4 Å². The summed E-state index contributed by atoms with van der Waals surface area (Å²) in [4.78, 5) is 6.61. The topological polar surface area (TPSA) is 74.4 Å². The second-order valence-corrected chi connectivity index (χ2v) is 5.24. The van der Waals surface area contributed by atoms with Crippen LogP contribution in [0.5, 0.6) is 0 Å². The molecule has 0 amide bonds. The standard InChI is InChI=1S/C12H19ClN4O/c1-8-6-17(5-4-11(8)18)7-10-9(13)2-3-12(15-10)16-14/h2-3,8,11,18H,4-7,14H2,1H3,(H,15,16). The molecule has 0 spiro atoms. The van der Waals surface area contributed by atoms with Gasteiger partial charge < -0.3 is 10.5 Å². The number of aromatic nitrogens is 1. The van der Waals surface area contributed by atoms with Crippen LogP contribution in [0.4, 0.5) is 5.82 Å². The normalized spacial score (nSPS) is 25.1. The van der Waals surface area contributed by atoms with Crippen LogP contribution in [0.2, 0.25) is 5.02 Å². The number of halogens is 1. The maximum atomic E-state index is 9.70. The number of nitrogens with one attached hydrogen (secondary N) is 1. The smallest absolute Gasteiger partial charge is 0.140 e. The van der Waals surface area contributed by atoms with E-state index in [1.54, 1.807) is 12.1 Å². The molecule has 1 fully saturated rings. The maximum absolute atomic E-state index is 9.70. The molecule has 2 atom stereocenters. The first-order valence-electron chi connectivity index (χ1n) is 6.12. The van der Waals surface area contributed by atoms with Gasteiger partial charge in [0, 0.05) is 19.6 Å². The number of aliphatic hydroxyl groups excluding tert-OH is 1. The average molecular weight is 271 g/mol. The van der Waals surface area contributed by atoms with Gasteiger partial charge in [-0.25, -0.2) is 10.8 Å². The van der Waals surface area contributed by atoms with E-state index in [4.69, 9.17) is 17.4 Å². The summed E-state index contributed by atoms with van der Waals surface area (Å²) in [6, 6.07) is 3.54. The van der Waals surface area contributed by atoms with Crippen LogP contribution in [0.1, 0.15) is 19.0 Å². The van der Waals surface area contributed by atoms with E-state index in [2.05, 4.69) is 22.2 Å². The van der Waals surface area contributed by atoms with Gasteiger partial charge in [-0.1, -0.05) is 18.5 Å². The van der Waals surface area contributed by atoms with Crippen molar-refractivity contribution in [2.75, 3.05) is 18.5 Å². The Kier molecular flexibility index (Phi) is 4.40. The summed E-state index contributed by atoms with van der Waals surface area (Å²) < 4.78 is 0. The molecular weight excluding hydrogens is 252 g/mol. The third-order valence-corrected chi connectivity index (χ3v) is 3.73. The lowest BCUT2D eigenvalue weighted by molar-refractivity contribution is 0.0316. The van der Waals surface area contributed by atoms with Crippen molar-refractivity contribution in [1.29, 1.82) is 0 Å². The van der Waals surface area contributed by atoms with Crippen LogP contribution < -0.4 is 11.3 Å². The zero-order valence-corrected chi connectivity index (χ0v) is 11.2. The number of anilines is 1. The maximum Gasteiger partial charge on any atom is 0.140 e. The number of hydrazine groups is 1. The van der Waals surface area contributed by atoms with E-state index in [0.717, 1.165) is 25.2 Å². The van der Waals surface area contributed by atoms with Crippen molar-refractivity contribution < 1.29 is 5.11 Å². The Morgan fingerprint density at radius 1 is 1.61 bits per heavy atom. The van der Waals surface area contributed by atoms with E-state index < -0.39 is 0 Å². The van der Waals surface area contributed by atoms with Crippen LogP contribution >= 0.6 is 11.6 Å². The Labute approximate surface area is 112 Å². The largest absolute Gasteiger partial charge is 0.393 e. The summed E-state index contributed by atoms with van der Waals surface area (Å²) >= 11 is 6.13. The Hall–Kier alpha value is -0.880. The molecular formula is C12H19ClN4O. The minimum atomic E-state index is -0.193. The van der Waals surface area contributed by atoms with Gasteiger partial charge in [-0.15, -0.1) is 0 Å². The quantitative estimate of drug-likeness (QED) is 0.569. The lowest BCUT2D eigenvalue weighted by Gasteiger charge is -2.34. The van der Waals surface area contributed by atoms with Gasteiger partial charge in [0.25, 0.3) is 0 Å². The van der Waals surface area contributed by atoms with E-state index in [-0.39, 0.29) is 12.0 Å². The van der Waals surface area contributed by atoms with Gasteiger partial charge in [0.05, 0.1) is 16.8 Å². The first-order valence-corrected chi connectivity index (χ1v) is 6.50. The summed E-state index contributed by atoms with van der Waals surface area (Å²) in [5, 5.41) is 10.3. The molecule has 100 valence electrons. The molecule has 18 heavy (non-hydrogen) atoms. The highest BCUT2D eigenvalue weighted by Gasteiger charge is 2.24. The molecule has 0 aliphatic carbocycles. The second kappa shape index (κ2) is 5.84. The van der Waals surface area contributed by atoms with Crippen molar-refractivity contribution in [3.63, 3.8) is 0 Å². The molecule has 0 bridgehead atoms. The molecule has 1 aromatic heterocycles. The molecule has 2 heterocycles. The molecule has 0 radical (unpaired) electrons. The summed E-state index contributed by atoms with van der Waals surface area (Å²) in [5.74, 6) is 6.24. The fraction of sp³-hybridized carbons (Fsp3) is 0.583. The molecule has 2 rings (SSSR count). The monoisotopic (exact) mass is 270 g/mol. The summed E-state index contributed by atoms with van der Waals surface area (Å²) in [5.41, 5.74) is 3.33. The summed E-state index contributed by atoms with van der Waals surface area (Å²) in [7, 11) is 0. The van der Waals surface area contributed by atoms with Gasteiger partial charge in [0.2, 0.25) is 0 Å². The third-order valence-electron chi connectivity index (χ3n) is 3.38. The highest BCUT2D eigenvalue weighted by atomic mass is 35.5. The molecule has 0 saturated carbocycles. The van der Waals surface area contributed by atoms with E-state index in [1.165, 1.54) is 0 Å².